The van der Waals surface area contributed by atoms with Crippen LogP contribution in [0, 0.1) is 5.82 Å². The largest absolute Gasteiger partial charge is 0.355 e. The van der Waals surface area contributed by atoms with Gasteiger partial charge in [-0.15, -0.1) is 0 Å². The Bertz CT molecular complexity index is 1480. The fourth-order valence-electron chi connectivity index (χ4n) is 3.50. The fraction of sp³-hybridized carbons (Fsp3) is 0. The maximum absolute atomic E-state index is 13.8. The number of halogens is 1. The van der Waals surface area contributed by atoms with Gasteiger partial charge in [-0.05, 0) is 60.7 Å². The summed E-state index contributed by atoms with van der Waals surface area (Å²) in [6.45, 7) is 0. The third-order valence-electron chi connectivity index (χ3n) is 5.07. The number of benzene rings is 2. The number of nitrogens with zero attached hydrogens (tertiary/aromatic N) is 3. The monoisotopic (exact) mass is 450 g/mol. The molecule has 5 aromatic rings. The first-order chi connectivity index (χ1) is 16.6. The van der Waals surface area contributed by atoms with E-state index >= 15 is 0 Å². The average Bonchev–Trinajstić information content (AvgIpc) is 2.85. The van der Waals surface area contributed by atoms with Crippen molar-refractivity contribution in [2.75, 3.05) is 16.0 Å². The van der Waals surface area contributed by atoms with E-state index in [0.29, 0.717) is 33.5 Å². The molecule has 0 aliphatic carbocycles. The minimum Gasteiger partial charge on any atom is -0.355 e. The molecule has 0 saturated heterocycles. The molecule has 0 aliphatic rings. The SMILES string of the molecule is O=C(Nc1cccc(Nc2ccncc2)c1)c1cncc(Nc2ccnc3ccc(F)cc23)c1. The molecule has 0 bridgehead atoms. The number of carbonyl (C=O) groups is 1. The van der Waals surface area contributed by atoms with Crippen molar-refractivity contribution in [1.82, 2.24) is 15.0 Å². The zero-order valence-corrected chi connectivity index (χ0v) is 17.9. The van der Waals surface area contributed by atoms with Gasteiger partial charge in [-0.1, -0.05) is 6.07 Å². The van der Waals surface area contributed by atoms with Crippen LogP contribution in [0.25, 0.3) is 10.9 Å². The highest BCUT2D eigenvalue weighted by Crippen LogP contribution is 2.26. The molecule has 0 unspecified atom stereocenters. The molecule has 3 N–H and O–H groups in total. The topological polar surface area (TPSA) is 91.8 Å². The second-order valence-corrected chi connectivity index (χ2v) is 7.50. The average molecular weight is 450 g/mol. The molecule has 166 valence electrons. The van der Waals surface area contributed by atoms with Crippen molar-refractivity contribution in [3.63, 3.8) is 0 Å². The third-order valence-corrected chi connectivity index (χ3v) is 5.07. The smallest absolute Gasteiger partial charge is 0.257 e. The highest BCUT2D eigenvalue weighted by Gasteiger charge is 2.10. The van der Waals surface area contributed by atoms with Gasteiger partial charge in [-0.25, -0.2) is 4.39 Å². The molecule has 5 rings (SSSR count). The molecule has 0 saturated carbocycles. The first kappa shape index (κ1) is 21.0. The number of hydrogen-bond acceptors (Lipinski definition) is 6. The Morgan fingerprint density at radius 1 is 0.735 bits per heavy atom. The standard InChI is InChI=1S/C26H19FN6O/c27-18-4-5-24-23(13-18)25(8-11-30-24)32-22-12-17(15-29-16-22)26(34)33-21-3-1-2-20(14-21)31-19-6-9-28-10-7-19/h1-16H,(H,28,31)(H,30,32)(H,33,34). The van der Waals surface area contributed by atoms with Crippen LogP contribution >= 0.6 is 0 Å². The number of carbonyl (C=O) groups excluding carboxylic acids is 1. The van der Waals surface area contributed by atoms with Gasteiger partial charge < -0.3 is 16.0 Å². The molecule has 0 fully saturated rings. The molecule has 0 spiro atoms. The molecular formula is C26H19FN6O. The number of amides is 1. The van der Waals surface area contributed by atoms with Gasteiger partial charge in [0.15, 0.2) is 0 Å². The summed E-state index contributed by atoms with van der Waals surface area (Å²) >= 11 is 0. The number of pyridine rings is 3. The van der Waals surface area contributed by atoms with E-state index in [4.69, 9.17) is 0 Å². The molecule has 0 aliphatic heterocycles. The second kappa shape index (κ2) is 9.33. The summed E-state index contributed by atoms with van der Waals surface area (Å²) in [6, 6.07) is 19.0. The highest BCUT2D eigenvalue weighted by atomic mass is 19.1. The van der Waals surface area contributed by atoms with Crippen LogP contribution in [0.5, 0.6) is 0 Å². The normalized spacial score (nSPS) is 10.6. The van der Waals surface area contributed by atoms with E-state index in [1.165, 1.54) is 18.3 Å². The van der Waals surface area contributed by atoms with Crippen LogP contribution < -0.4 is 16.0 Å². The summed E-state index contributed by atoms with van der Waals surface area (Å²) in [5.41, 5.74) is 4.66. The molecule has 8 heteroatoms. The summed E-state index contributed by atoms with van der Waals surface area (Å²) in [5.74, 6) is -0.654. The van der Waals surface area contributed by atoms with Crippen molar-refractivity contribution >= 4 is 45.2 Å². The van der Waals surface area contributed by atoms with E-state index < -0.39 is 0 Å². The summed E-state index contributed by atoms with van der Waals surface area (Å²) in [6.07, 6.45) is 8.13. The predicted molar refractivity (Wildman–Crippen MR) is 131 cm³/mol. The molecular weight excluding hydrogens is 431 g/mol. The number of fused-ring (bicyclic) bond motifs is 1. The Morgan fingerprint density at radius 3 is 2.47 bits per heavy atom. The van der Waals surface area contributed by atoms with E-state index in [1.54, 1.807) is 43.0 Å². The Balaban J connectivity index is 1.33. The zero-order chi connectivity index (χ0) is 23.3. The number of rotatable bonds is 6. The Kier molecular flexibility index (Phi) is 5.77. The minimum absolute atomic E-state index is 0.303. The number of hydrogen-bond donors (Lipinski definition) is 3. The number of aromatic nitrogens is 3. The first-order valence-corrected chi connectivity index (χ1v) is 10.5. The second-order valence-electron chi connectivity index (χ2n) is 7.50. The quantitative estimate of drug-likeness (QED) is 0.298. The number of anilines is 5. The Labute approximate surface area is 194 Å². The molecule has 7 nitrogen and oxygen atoms in total. The van der Waals surface area contributed by atoms with Gasteiger partial charge in [0, 0.05) is 52.9 Å². The summed E-state index contributed by atoms with van der Waals surface area (Å²) in [5, 5.41) is 10.0. The van der Waals surface area contributed by atoms with E-state index in [9.17, 15) is 9.18 Å². The lowest BCUT2D eigenvalue weighted by Crippen LogP contribution is -2.12. The Morgan fingerprint density at radius 2 is 1.59 bits per heavy atom. The molecule has 2 aromatic carbocycles. The highest BCUT2D eigenvalue weighted by molar-refractivity contribution is 6.05. The molecule has 3 heterocycles. The van der Waals surface area contributed by atoms with Crippen LogP contribution in [0.4, 0.5) is 32.8 Å². The Hall–Kier alpha value is -4.85. The molecule has 0 atom stereocenters. The van der Waals surface area contributed by atoms with E-state index in [1.807, 2.05) is 36.4 Å². The van der Waals surface area contributed by atoms with Gasteiger partial charge in [0.2, 0.25) is 0 Å². The lowest BCUT2D eigenvalue weighted by molar-refractivity contribution is 0.102. The molecule has 34 heavy (non-hydrogen) atoms. The van der Waals surface area contributed by atoms with Crippen LogP contribution in [-0.2, 0) is 0 Å². The summed E-state index contributed by atoms with van der Waals surface area (Å²) < 4.78 is 13.8. The maximum Gasteiger partial charge on any atom is 0.257 e. The van der Waals surface area contributed by atoms with E-state index in [2.05, 4.69) is 30.9 Å². The van der Waals surface area contributed by atoms with Crippen LogP contribution in [0.3, 0.4) is 0 Å². The van der Waals surface area contributed by atoms with Gasteiger partial charge >= 0.3 is 0 Å². The summed E-state index contributed by atoms with van der Waals surface area (Å²) in [7, 11) is 0. The third kappa shape index (κ3) is 4.81. The number of nitrogens with one attached hydrogen (secondary N) is 3. The van der Waals surface area contributed by atoms with Crippen molar-refractivity contribution in [3.05, 3.63) is 109 Å². The fourth-order valence-corrected chi connectivity index (χ4v) is 3.50. The molecule has 3 aromatic heterocycles. The van der Waals surface area contributed by atoms with E-state index in [-0.39, 0.29) is 11.7 Å². The van der Waals surface area contributed by atoms with Gasteiger partial charge in [-0.2, -0.15) is 0 Å². The van der Waals surface area contributed by atoms with Gasteiger partial charge in [0.25, 0.3) is 5.91 Å². The van der Waals surface area contributed by atoms with E-state index in [0.717, 1.165) is 11.4 Å². The molecule has 1 amide bonds. The predicted octanol–water partition coefficient (Wildman–Crippen LogP) is 5.90. The lowest BCUT2D eigenvalue weighted by atomic mass is 10.1. The van der Waals surface area contributed by atoms with Crippen molar-refractivity contribution < 1.29 is 9.18 Å². The van der Waals surface area contributed by atoms with Crippen LogP contribution in [0.15, 0.2) is 97.7 Å². The van der Waals surface area contributed by atoms with Gasteiger partial charge in [-0.3, -0.25) is 19.7 Å². The summed E-state index contributed by atoms with van der Waals surface area (Å²) in [4.78, 5) is 25.3. The molecule has 0 radical (unpaired) electrons. The van der Waals surface area contributed by atoms with Crippen LogP contribution in [-0.4, -0.2) is 20.9 Å². The van der Waals surface area contributed by atoms with Crippen molar-refractivity contribution in [3.8, 4) is 0 Å². The van der Waals surface area contributed by atoms with Crippen LogP contribution in [0.2, 0.25) is 0 Å². The van der Waals surface area contributed by atoms with Gasteiger partial charge in [0.05, 0.1) is 23.0 Å². The van der Waals surface area contributed by atoms with Crippen molar-refractivity contribution in [2.24, 2.45) is 0 Å². The zero-order valence-electron chi connectivity index (χ0n) is 17.9. The van der Waals surface area contributed by atoms with Crippen molar-refractivity contribution in [1.29, 1.82) is 0 Å². The first-order valence-electron chi connectivity index (χ1n) is 10.5. The van der Waals surface area contributed by atoms with Crippen molar-refractivity contribution in [2.45, 2.75) is 0 Å². The minimum atomic E-state index is -0.351. The van der Waals surface area contributed by atoms with Gasteiger partial charge in [0.1, 0.15) is 5.82 Å². The lowest BCUT2D eigenvalue weighted by Gasteiger charge is -2.11. The maximum atomic E-state index is 13.8. The van der Waals surface area contributed by atoms with Crippen LogP contribution in [0.1, 0.15) is 10.4 Å².